The molecule has 1 amide bonds. The molecular formula is C15H26N4O. The Labute approximate surface area is 121 Å². The molecule has 1 aromatic heterocycles. The Morgan fingerprint density at radius 2 is 2.40 bits per heavy atom. The van der Waals surface area contributed by atoms with Crippen molar-refractivity contribution < 1.29 is 4.79 Å². The third-order valence-corrected chi connectivity index (χ3v) is 4.08. The molecule has 5 nitrogen and oxygen atoms in total. The lowest BCUT2D eigenvalue weighted by Crippen LogP contribution is -2.48. The van der Waals surface area contributed by atoms with E-state index in [1.54, 1.807) is 6.20 Å². The van der Waals surface area contributed by atoms with E-state index in [4.69, 9.17) is 0 Å². The van der Waals surface area contributed by atoms with Gasteiger partial charge >= 0.3 is 0 Å². The second kappa shape index (κ2) is 6.39. The Kier molecular flexibility index (Phi) is 4.81. The summed E-state index contributed by atoms with van der Waals surface area (Å²) in [6.45, 7) is 8.06. The number of rotatable bonds is 5. The number of hydrogen-bond acceptors (Lipinski definition) is 3. The van der Waals surface area contributed by atoms with E-state index < -0.39 is 0 Å². The predicted molar refractivity (Wildman–Crippen MR) is 80.7 cm³/mol. The standard InChI is InChI=1S/C15H26N4O/c1-4-7-15(8-5-9-16-11-15)14(20)18-13-6-10-17-19(13)12(2)3/h6,10,12,16H,4-5,7-9,11H2,1-3H3,(H,18,20). The average Bonchev–Trinajstić information content (AvgIpc) is 2.88. The van der Waals surface area contributed by atoms with Gasteiger partial charge in [-0.15, -0.1) is 0 Å². The van der Waals surface area contributed by atoms with Crippen LogP contribution in [0, 0.1) is 5.41 Å². The van der Waals surface area contributed by atoms with Crippen molar-refractivity contribution >= 4 is 11.7 Å². The van der Waals surface area contributed by atoms with Gasteiger partial charge in [-0.3, -0.25) is 4.79 Å². The van der Waals surface area contributed by atoms with Gasteiger partial charge in [0, 0.05) is 18.7 Å². The molecule has 0 radical (unpaired) electrons. The van der Waals surface area contributed by atoms with Crippen molar-refractivity contribution in [1.82, 2.24) is 15.1 Å². The summed E-state index contributed by atoms with van der Waals surface area (Å²) in [7, 11) is 0. The molecule has 1 aromatic rings. The van der Waals surface area contributed by atoms with E-state index in [1.807, 2.05) is 10.7 Å². The molecule has 20 heavy (non-hydrogen) atoms. The second-order valence-corrected chi connectivity index (χ2v) is 6.02. The lowest BCUT2D eigenvalue weighted by Gasteiger charge is -2.36. The Balaban J connectivity index is 2.14. The number of aromatic nitrogens is 2. The van der Waals surface area contributed by atoms with Crippen molar-refractivity contribution in [1.29, 1.82) is 0 Å². The smallest absolute Gasteiger partial charge is 0.233 e. The van der Waals surface area contributed by atoms with Crippen molar-refractivity contribution in [3.63, 3.8) is 0 Å². The number of anilines is 1. The number of amides is 1. The quantitative estimate of drug-likeness (QED) is 0.870. The molecule has 1 unspecified atom stereocenters. The molecule has 112 valence electrons. The third kappa shape index (κ3) is 3.03. The van der Waals surface area contributed by atoms with Crippen molar-refractivity contribution in [2.75, 3.05) is 18.4 Å². The lowest BCUT2D eigenvalue weighted by molar-refractivity contribution is -0.127. The second-order valence-electron chi connectivity index (χ2n) is 6.02. The van der Waals surface area contributed by atoms with Crippen LogP contribution in [0.1, 0.15) is 52.5 Å². The van der Waals surface area contributed by atoms with Crippen molar-refractivity contribution in [3.05, 3.63) is 12.3 Å². The summed E-state index contributed by atoms with van der Waals surface area (Å²) in [6, 6.07) is 2.11. The van der Waals surface area contributed by atoms with E-state index >= 15 is 0 Å². The fourth-order valence-electron chi connectivity index (χ4n) is 3.04. The van der Waals surface area contributed by atoms with Crippen LogP contribution in [0.2, 0.25) is 0 Å². The Morgan fingerprint density at radius 1 is 1.60 bits per heavy atom. The third-order valence-electron chi connectivity index (χ3n) is 4.08. The summed E-state index contributed by atoms with van der Waals surface area (Å²) in [6.07, 6.45) is 5.73. The van der Waals surface area contributed by atoms with Gasteiger partial charge in [-0.25, -0.2) is 4.68 Å². The minimum atomic E-state index is -0.265. The van der Waals surface area contributed by atoms with Crippen LogP contribution in [0.25, 0.3) is 0 Å². The fraction of sp³-hybridized carbons (Fsp3) is 0.733. The summed E-state index contributed by atoms with van der Waals surface area (Å²) < 4.78 is 1.85. The first kappa shape index (κ1) is 15.0. The van der Waals surface area contributed by atoms with E-state index in [1.165, 1.54) is 0 Å². The molecular weight excluding hydrogens is 252 g/mol. The van der Waals surface area contributed by atoms with Gasteiger partial charge in [-0.05, 0) is 39.7 Å². The summed E-state index contributed by atoms with van der Waals surface area (Å²) in [4.78, 5) is 12.8. The Hall–Kier alpha value is -1.36. The van der Waals surface area contributed by atoms with Crippen LogP contribution < -0.4 is 10.6 Å². The molecule has 0 aromatic carbocycles. The highest BCUT2D eigenvalue weighted by molar-refractivity contribution is 5.95. The van der Waals surface area contributed by atoms with E-state index in [0.717, 1.165) is 44.6 Å². The zero-order valence-corrected chi connectivity index (χ0v) is 12.8. The molecule has 5 heteroatoms. The number of nitrogens with one attached hydrogen (secondary N) is 2. The maximum atomic E-state index is 12.8. The molecule has 2 rings (SSSR count). The first-order valence-corrected chi connectivity index (χ1v) is 7.65. The van der Waals surface area contributed by atoms with Crippen LogP contribution in [-0.2, 0) is 4.79 Å². The number of carbonyl (C=O) groups is 1. The van der Waals surface area contributed by atoms with E-state index in [0.29, 0.717) is 0 Å². The van der Waals surface area contributed by atoms with Gasteiger partial charge < -0.3 is 10.6 Å². The van der Waals surface area contributed by atoms with Gasteiger partial charge in [0.2, 0.25) is 5.91 Å². The molecule has 2 N–H and O–H groups in total. The SMILES string of the molecule is CCCC1(C(=O)Nc2ccnn2C(C)C)CCCNC1. The first-order valence-electron chi connectivity index (χ1n) is 7.65. The molecule has 1 atom stereocenters. The highest BCUT2D eigenvalue weighted by atomic mass is 16.2. The molecule has 1 saturated heterocycles. The molecule has 2 heterocycles. The van der Waals surface area contributed by atoms with Crippen LogP contribution in [0.5, 0.6) is 0 Å². The fourth-order valence-corrected chi connectivity index (χ4v) is 3.04. The van der Waals surface area contributed by atoms with Gasteiger partial charge in [0.15, 0.2) is 0 Å². The van der Waals surface area contributed by atoms with Crippen molar-refractivity contribution in [2.24, 2.45) is 5.41 Å². The zero-order chi connectivity index (χ0) is 14.6. The Morgan fingerprint density at radius 3 is 3.00 bits per heavy atom. The largest absolute Gasteiger partial charge is 0.316 e. The van der Waals surface area contributed by atoms with Crippen LogP contribution >= 0.6 is 0 Å². The first-order chi connectivity index (χ1) is 9.59. The predicted octanol–water partition coefficient (Wildman–Crippen LogP) is 2.57. The van der Waals surface area contributed by atoms with E-state index in [-0.39, 0.29) is 17.4 Å². The van der Waals surface area contributed by atoms with Gasteiger partial charge in [0.05, 0.1) is 11.6 Å². The van der Waals surface area contributed by atoms with Gasteiger partial charge in [-0.1, -0.05) is 13.3 Å². The minimum absolute atomic E-state index is 0.133. The normalized spacial score (nSPS) is 23.0. The molecule has 1 fully saturated rings. The van der Waals surface area contributed by atoms with Crippen LogP contribution in [-0.4, -0.2) is 28.8 Å². The topological polar surface area (TPSA) is 59.0 Å². The minimum Gasteiger partial charge on any atom is -0.316 e. The molecule has 0 saturated carbocycles. The lowest BCUT2D eigenvalue weighted by atomic mass is 9.76. The Bertz CT molecular complexity index is 441. The molecule has 0 aliphatic carbocycles. The number of nitrogens with zero attached hydrogens (tertiary/aromatic N) is 2. The number of piperidine rings is 1. The monoisotopic (exact) mass is 278 g/mol. The summed E-state index contributed by atoms with van der Waals surface area (Å²) in [5.41, 5.74) is -0.265. The van der Waals surface area contributed by atoms with Gasteiger partial charge in [0.1, 0.15) is 5.82 Å². The number of carbonyl (C=O) groups excluding carboxylic acids is 1. The maximum absolute atomic E-state index is 12.8. The summed E-state index contributed by atoms with van der Waals surface area (Å²) in [5.74, 6) is 0.931. The van der Waals surface area contributed by atoms with Crippen molar-refractivity contribution in [2.45, 2.75) is 52.5 Å². The molecule has 1 aliphatic rings. The average molecular weight is 278 g/mol. The van der Waals surface area contributed by atoms with Crippen molar-refractivity contribution in [3.8, 4) is 0 Å². The highest BCUT2D eigenvalue weighted by Gasteiger charge is 2.39. The van der Waals surface area contributed by atoms with Gasteiger partial charge in [-0.2, -0.15) is 5.10 Å². The van der Waals surface area contributed by atoms with Crippen LogP contribution in [0.4, 0.5) is 5.82 Å². The van der Waals surface area contributed by atoms with E-state index in [2.05, 4.69) is 36.5 Å². The molecule has 1 aliphatic heterocycles. The van der Waals surface area contributed by atoms with Crippen LogP contribution in [0.15, 0.2) is 12.3 Å². The maximum Gasteiger partial charge on any atom is 0.233 e. The van der Waals surface area contributed by atoms with Gasteiger partial charge in [0.25, 0.3) is 0 Å². The molecule has 0 bridgehead atoms. The number of hydrogen-bond donors (Lipinski definition) is 2. The molecule has 0 spiro atoms. The summed E-state index contributed by atoms with van der Waals surface area (Å²) >= 11 is 0. The summed E-state index contributed by atoms with van der Waals surface area (Å²) in [5, 5.41) is 10.7. The highest BCUT2D eigenvalue weighted by Crippen LogP contribution is 2.33. The van der Waals surface area contributed by atoms with E-state index in [9.17, 15) is 4.79 Å². The zero-order valence-electron chi connectivity index (χ0n) is 12.8. The van der Waals surface area contributed by atoms with Crippen LogP contribution in [0.3, 0.4) is 0 Å².